The third kappa shape index (κ3) is 4.18. The number of hydrogen-bond acceptors (Lipinski definition) is 7. The number of carbonyl (C=O) groups is 3. The Morgan fingerprint density at radius 3 is 2.53 bits per heavy atom. The molecule has 9 nitrogen and oxygen atoms in total. The van der Waals surface area contributed by atoms with Crippen molar-refractivity contribution in [2.75, 3.05) is 18.8 Å². The number of hydrogen-bond donors (Lipinski definition) is 2. The highest BCUT2D eigenvalue weighted by molar-refractivity contribution is 6.05. The Bertz CT molecular complexity index is 1470. The van der Waals surface area contributed by atoms with Crippen molar-refractivity contribution in [1.29, 1.82) is 0 Å². The fourth-order valence-electron chi connectivity index (χ4n) is 5.35. The summed E-state index contributed by atoms with van der Waals surface area (Å²) < 4.78 is 28.7. The van der Waals surface area contributed by atoms with Gasteiger partial charge in [-0.1, -0.05) is 6.07 Å². The first kappa shape index (κ1) is 24.1. The molecule has 1 aromatic carbocycles. The lowest BCUT2D eigenvalue weighted by molar-refractivity contribution is -0.136. The molecular formula is C27H24F2N6O3. The number of benzene rings is 1. The molecule has 38 heavy (non-hydrogen) atoms. The first-order chi connectivity index (χ1) is 18.3. The fraction of sp³-hybridized carbons (Fsp3) is 0.296. The van der Waals surface area contributed by atoms with E-state index in [0.717, 1.165) is 24.3 Å². The number of likely N-dealkylation sites (tertiary alicyclic amines) is 1. The lowest BCUT2D eigenvalue weighted by Crippen LogP contribution is -2.52. The van der Waals surface area contributed by atoms with Crippen molar-refractivity contribution >= 4 is 23.5 Å². The number of nitrogens with zero attached hydrogens (tertiary/aromatic N) is 4. The third-order valence-electron chi connectivity index (χ3n) is 7.46. The van der Waals surface area contributed by atoms with Crippen molar-refractivity contribution in [2.45, 2.75) is 37.9 Å². The maximum absolute atomic E-state index is 15.6. The van der Waals surface area contributed by atoms with Gasteiger partial charge in [0, 0.05) is 59.9 Å². The summed E-state index contributed by atoms with van der Waals surface area (Å²) in [6.45, 7) is 2.03. The molecule has 11 heteroatoms. The molecule has 2 aromatic heterocycles. The SMILES string of the molecule is Nc1nc(-c2ccc3c(c2F)CN([C@H]2CCC(=O)NC2=O)C3=O)ccc1CN1CC(c2ccc(F)cn2)C1. The number of nitrogen functional groups attached to an aromatic ring is 1. The average Bonchev–Trinajstić information content (AvgIpc) is 3.20. The molecule has 0 spiro atoms. The lowest BCUT2D eigenvalue weighted by atomic mass is 9.95. The van der Waals surface area contributed by atoms with E-state index in [1.165, 1.54) is 29.3 Å². The maximum atomic E-state index is 15.6. The summed E-state index contributed by atoms with van der Waals surface area (Å²) in [5.41, 5.74) is 8.84. The minimum Gasteiger partial charge on any atom is -0.383 e. The monoisotopic (exact) mass is 518 g/mol. The quantitative estimate of drug-likeness (QED) is 0.498. The van der Waals surface area contributed by atoms with Crippen LogP contribution in [0.5, 0.6) is 0 Å². The van der Waals surface area contributed by atoms with Gasteiger partial charge in [-0.05, 0) is 36.8 Å². The molecule has 0 saturated carbocycles. The molecule has 3 aliphatic rings. The van der Waals surface area contributed by atoms with Crippen LogP contribution in [0.25, 0.3) is 11.3 Å². The summed E-state index contributed by atoms with van der Waals surface area (Å²) in [5.74, 6) is -1.79. The van der Waals surface area contributed by atoms with E-state index in [1.54, 1.807) is 12.1 Å². The van der Waals surface area contributed by atoms with Crippen LogP contribution in [0.4, 0.5) is 14.6 Å². The number of nitrogens with one attached hydrogen (secondary N) is 1. The van der Waals surface area contributed by atoms with Crippen LogP contribution in [-0.2, 0) is 22.7 Å². The highest BCUT2D eigenvalue weighted by atomic mass is 19.1. The summed E-state index contributed by atoms with van der Waals surface area (Å²) >= 11 is 0. The summed E-state index contributed by atoms with van der Waals surface area (Å²) in [5, 5.41) is 2.24. The number of nitrogens with two attached hydrogens (primary N) is 1. The van der Waals surface area contributed by atoms with Crippen LogP contribution in [0.3, 0.4) is 0 Å². The predicted molar refractivity (Wildman–Crippen MR) is 132 cm³/mol. The summed E-state index contributed by atoms with van der Waals surface area (Å²) in [7, 11) is 0. The van der Waals surface area contributed by atoms with Crippen molar-refractivity contribution in [1.82, 2.24) is 25.1 Å². The number of amides is 3. The number of anilines is 1. The van der Waals surface area contributed by atoms with Gasteiger partial charge in [-0.2, -0.15) is 0 Å². The number of imide groups is 1. The second kappa shape index (κ2) is 9.25. The predicted octanol–water partition coefficient (Wildman–Crippen LogP) is 2.36. The van der Waals surface area contributed by atoms with Crippen molar-refractivity contribution in [3.8, 4) is 11.3 Å². The molecule has 3 N–H and O–H groups in total. The largest absolute Gasteiger partial charge is 0.383 e. The molecule has 3 aromatic rings. The van der Waals surface area contributed by atoms with Crippen molar-refractivity contribution in [3.05, 3.63) is 76.6 Å². The zero-order chi connectivity index (χ0) is 26.6. The summed E-state index contributed by atoms with van der Waals surface area (Å²) in [6, 6.07) is 8.84. The zero-order valence-corrected chi connectivity index (χ0v) is 20.3. The number of piperidine rings is 1. The van der Waals surface area contributed by atoms with Crippen LogP contribution in [0.1, 0.15) is 45.9 Å². The minimum atomic E-state index is -0.816. The molecule has 0 unspecified atom stereocenters. The van der Waals surface area contributed by atoms with Gasteiger partial charge < -0.3 is 10.6 Å². The van der Waals surface area contributed by atoms with Gasteiger partial charge in [0.25, 0.3) is 5.91 Å². The second-order valence-electron chi connectivity index (χ2n) is 9.89. The molecule has 2 fully saturated rings. The van der Waals surface area contributed by atoms with Crippen LogP contribution in [0, 0.1) is 11.6 Å². The van der Waals surface area contributed by atoms with Crippen LogP contribution in [-0.4, -0.2) is 56.6 Å². The highest BCUT2D eigenvalue weighted by Gasteiger charge is 2.40. The van der Waals surface area contributed by atoms with Crippen LogP contribution >= 0.6 is 0 Å². The smallest absolute Gasteiger partial charge is 0.255 e. The van der Waals surface area contributed by atoms with E-state index < -0.39 is 23.7 Å². The molecule has 5 heterocycles. The van der Waals surface area contributed by atoms with Gasteiger partial charge in [-0.25, -0.2) is 13.8 Å². The van der Waals surface area contributed by atoms with E-state index in [-0.39, 0.29) is 59.5 Å². The topological polar surface area (TPSA) is 122 Å². The van der Waals surface area contributed by atoms with Gasteiger partial charge in [0.15, 0.2) is 0 Å². The molecule has 0 bridgehead atoms. The maximum Gasteiger partial charge on any atom is 0.255 e. The van der Waals surface area contributed by atoms with Crippen LogP contribution < -0.4 is 11.1 Å². The molecule has 3 amide bonds. The van der Waals surface area contributed by atoms with E-state index in [2.05, 4.69) is 20.2 Å². The van der Waals surface area contributed by atoms with E-state index in [0.29, 0.717) is 12.2 Å². The first-order valence-corrected chi connectivity index (χ1v) is 12.3. The molecular weight excluding hydrogens is 494 g/mol. The number of pyridine rings is 2. The molecule has 0 radical (unpaired) electrons. The van der Waals surface area contributed by atoms with Crippen molar-refractivity contribution < 1.29 is 23.2 Å². The number of fused-ring (bicyclic) bond motifs is 1. The van der Waals surface area contributed by atoms with Crippen LogP contribution in [0.15, 0.2) is 42.6 Å². The molecule has 0 aliphatic carbocycles. The van der Waals surface area contributed by atoms with E-state index in [4.69, 9.17) is 5.73 Å². The minimum absolute atomic E-state index is 0.0628. The molecule has 194 valence electrons. The summed E-state index contributed by atoms with van der Waals surface area (Å²) in [6.07, 6.45) is 1.55. The normalized spacial score (nSPS) is 19.9. The third-order valence-corrected chi connectivity index (χ3v) is 7.46. The Morgan fingerprint density at radius 2 is 1.82 bits per heavy atom. The van der Waals surface area contributed by atoms with Crippen LogP contribution in [0.2, 0.25) is 0 Å². The van der Waals surface area contributed by atoms with Crippen molar-refractivity contribution in [3.63, 3.8) is 0 Å². The number of halogens is 2. The Hall–Kier alpha value is -4.25. The Morgan fingerprint density at radius 1 is 1.03 bits per heavy atom. The van der Waals surface area contributed by atoms with Gasteiger partial charge in [-0.3, -0.25) is 29.6 Å². The Balaban J connectivity index is 1.16. The van der Waals surface area contributed by atoms with E-state index in [1.807, 2.05) is 6.07 Å². The number of rotatable bonds is 5. The van der Waals surface area contributed by atoms with Gasteiger partial charge in [0.1, 0.15) is 23.5 Å². The standard InChI is InChI=1S/C27H24F2N6O3/c28-16-2-6-20(31-9-16)15-11-34(12-15)10-14-1-5-21(32-25(14)30)18-4-3-17-19(24(18)29)13-35(27(17)38)22-7-8-23(36)33-26(22)37/h1-6,9,15,22H,7-8,10-13H2,(H2,30,32)(H,33,36,37)/t22-/m0/s1. The van der Waals surface area contributed by atoms with Gasteiger partial charge >= 0.3 is 0 Å². The average molecular weight is 519 g/mol. The van der Waals surface area contributed by atoms with Crippen molar-refractivity contribution in [2.24, 2.45) is 0 Å². The Kier molecular flexibility index (Phi) is 5.87. The highest BCUT2D eigenvalue weighted by Crippen LogP contribution is 2.35. The molecule has 6 rings (SSSR count). The molecule has 3 aliphatic heterocycles. The van der Waals surface area contributed by atoms with E-state index >= 15 is 4.39 Å². The zero-order valence-electron chi connectivity index (χ0n) is 20.3. The van der Waals surface area contributed by atoms with E-state index in [9.17, 15) is 18.8 Å². The fourth-order valence-corrected chi connectivity index (χ4v) is 5.35. The lowest BCUT2D eigenvalue weighted by Gasteiger charge is -2.39. The Labute approximate surface area is 216 Å². The number of aromatic nitrogens is 2. The second-order valence-corrected chi connectivity index (χ2v) is 9.89. The van der Waals surface area contributed by atoms with Gasteiger partial charge in [-0.15, -0.1) is 0 Å². The van der Waals surface area contributed by atoms with Gasteiger partial charge in [0.2, 0.25) is 11.8 Å². The number of carbonyl (C=O) groups excluding carboxylic acids is 3. The molecule has 2 saturated heterocycles. The summed E-state index contributed by atoms with van der Waals surface area (Å²) in [4.78, 5) is 48.7. The first-order valence-electron chi connectivity index (χ1n) is 12.3. The molecule has 1 atom stereocenters. The van der Waals surface area contributed by atoms with Gasteiger partial charge in [0.05, 0.1) is 18.4 Å².